The van der Waals surface area contributed by atoms with Crippen LogP contribution >= 0.6 is 0 Å². The van der Waals surface area contributed by atoms with Gasteiger partial charge in [-0.2, -0.15) is 0 Å². The normalized spacial score (nSPS) is 10.0. The molecule has 4 heteroatoms. The molecule has 2 aromatic rings. The zero-order chi connectivity index (χ0) is 9.97. The van der Waals surface area contributed by atoms with E-state index in [2.05, 4.69) is 0 Å². The maximum Gasteiger partial charge on any atom is 0.293 e. The minimum absolute atomic E-state index is 0.115. The van der Waals surface area contributed by atoms with Crippen molar-refractivity contribution in [3.8, 4) is 5.69 Å². The molecule has 14 heavy (non-hydrogen) atoms. The molecular formula is C10H8N2O2. The number of nitro benzene ring substituents is 1. The van der Waals surface area contributed by atoms with E-state index in [1.54, 1.807) is 35.2 Å². The Morgan fingerprint density at radius 3 is 2.36 bits per heavy atom. The lowest BCUT2D eigenvalue weighted by Crippen LogP contribution is -1.97. The molecule has 0 saturated heterocycles. The fraction of sp³-hybridized carbons (Fsp3) is 0. The molecule has 0 aliphatic carbocycles. The van der Waals surface area contributed by atoms with E-state index in [0.29, 0.717) is 5.69 Å². The molecule has 1 aromatic heterocycles. The molecular weight excluding hydrogens is 180 g/mol. The lowest BCUT2D eigenvalue weighted by Gasteiger charge is -2.02. The molecule has 0 aliphatic heterocycles. The van der Waals surface area contributed by atoms with Crippen molar-refractivity contribution in [2.75, 3.05) is 0 Å². The molecule has 0 N–H and O–H groups in total. The van der Waals surface area contributed by atoms with E-state index in [1.165, 1.54) is 6.07 Å². The number of hydrogen-bond donors (Lipinski definition) is 0. The number of nitrogens with zero attached hydrogens (tertiary/aromatic N) is 2. The topological polar surface area (TPSA) is 48.1 Å². The van der Waals surface area contributed by atoms with Crippen LogP contribution in [0.4, 0.5) is 5.69 Å². The van der Waals surface area contributed by atoms with Crippen molar-refractivity contribution in [2.45, 2.75) is 0 Å². The quantitative estimate of drug-likeness (QED) is 0.536. The highest BCUT2D eigenvalue weighted by molar-refractivity contribution is 5.52. The van der Waals surface area contributed by atoms with Gasteiger partial charge >= 0.3 is 0 Å². The Morgan fingerprint density at radius 1 is 1.07 bits per heavy atom. The highest BCUT2D eigenvalue weighted by Crippen LogP contribution is 2.21. The van der Waals surface area contributed by atoms with Gasteiger partial charge in [-0.3, -0.25) is 10.1 Å². The number of para-hydroxylation sites is 2. The minimum atomic E-state index is -0.380. The van der Waals surface area contributed by atoms with Gasteiger partial charge in [-0.25, -0.2) is 0 Å². The Hall–Kier alpha value is -2.10. The number of nitro groups is 1. The third-order valence-electron chi connectivity index (χ3n) is 1.96. The Labute approximate surface area is 80.6 Å². The van der Waals surface area contributed by atoms with E-state index in [4.69, 9.17) is 0 Å². The number of rotatable bonds is 2. The van der Waals surface area contributed by atoms with E-state index < -0.39 is 0 Å². The summed E-state index contributed by atoms with van der Waals surface area (Å²) in [7, 11) is 0. The first-order valence-electron chi connectivity index (χ1n) is 4.16. The van der Waals surface area contributed by atoms with Crippen molar-refractivity contribution < 1.29 is 4.92 Å². The van der Waals surface area contributed by atoms with Crippen LogP contribution in [0.25, 0.3) is 5.69 Å². The average Bonchev–Trinajstić information content (AvgIpc) is 2.70. The fourth-order valence-electron chi connectivity index (χ4n) is 1.33. The van der Waals surface area contributed by atoms with Crippen LogP contribution in [0, 0.1) is 10.1 Å². The summed E-state index contributed by atoms with van der Waals surface area (Å²) in [6.45, 7) is 0. The summed E-state index contributed by atoms with van der Waals surface area (Å²) >= 11 is 0. The van der Waals surface area contributed by atoms with Gasteiger partial charge in [0.25, 0.3) is 5.69 Å². The van der Waals surface area contributed by atoms with Crippen LogP contribution in [0.3, 0.4) is 0 Å². The molecule has 0 aliphatic rings. The Bertz CT molecular complexity index is 449. The fourth-order valence-corrected chi connectivity index (χ4v) is 1.33. The van der Waals surface area contributed by atoms with Crippen LogP contribution in [0.15, 0.2) is 48.8 Å². The summed E-state index contributed by atoms with van der Waals surface area (Å²) in [6.07, 6.45) is 3.56. The van der Waals surface area contributed by atoms with Gasteiger partial charge in [0.2, 0.25) is 0 Å². The third kappa shape index (κ3) is 1.37. The van der Waals surface area contributed by atoms with Crippen LogP contribution in [-0.4, -0.2) is 9.49 Å². The summed E-state index contributed by atoms with van der Waals surface area (Å²) in [6, 6.07) is 10.3. The van der Waals surface area contributed by atoms with Gasteiger partial charge in [0.05, 0.1) is 4.92 Å². The highest BCUT2D eigenvalue weighted by Gasteiger charge is 2.12. The number of hydrogen-bond acceptors (Lipinski definition) is 2. The third-order valence-corrected chi connectivity index (χ3v) is 1.96. The first-order chi connectivity index (χ1) is 6.79. The molecule has 0 fully saturated rings. The molecule has 0 radical (unpaired) electrons. The second-order valence-corrected chi connectivity index (χ2v) is 2.84. The van der Waals surface area contributed by atoms with E-state index >= 15 is 0 Å². The maximum absolute atomic E-state index is 10.7. The van der Waals surface area contributed by atoms with Crippen LogP contribution in [-0.2, 0) is 0 Å². The average molecular weight is 188 g/mol. The van der Waals surface area contributed by atoms with Crippen LogP contribution in [0.1, 0.15) is 0 Å². The Balaban J connectivity index is 2.58. The van der Waals surface area contributed by atoms with Crippen molar-refractivity contribution in [3.05, 3.63) is 58.9 Å². The van der Waals surface area contributed by atoms with Gasteiger partial charge in [0, 0.05) is 18.5 Å². The zero-order valence-electron chi connectivity index (χ0n) is 7.33. The molecule has 4 nitrogen and oxygen atoms in total. The predicted molar refractivity (Wildman–Crippen MR) is 52.4 cm³/mol. The molecule has 1 aromatic carbocycles. The molecule has 0 bridgehead atoms. The molecule has 0 spiro atoms. The van der Waals surface area contributed by atoms with Crippen molar-refractivity contribution >= 4 is 5.69 Å². The Kier molecular flexibility index (Phi) is 2.02. The smallest absolute Gasteiger partial charge is 0.293 e. The SMILES string of the molecule is O=[N+]([O-])c1ccccc1-n1cccc1. The number of benzene rings is 1. The molecule has 0 amide bonds. The van der Waals surface area contributed by atoms with Crippen molar-refractivity contribution in [1.82, 2.24) is 4.57 Å². The van der Waals surface area contributed by atoms with E-state index in [0.717, 1.165) is 0 Å². The van der Waals surface area contributed by atoms with Gasteiger partial charge in [-0.1, -0.05) is 12.1 Å². The first-order valence-corrected chi connectivity index (χ1v) is 4.16. The maximum atomic E-state index is 10.7. The van der Waals surface area contributed by atoms with Crippen molar-refractivity contribution in [3.63, 3.8) is 0 Å². The molecule has 2 rings (SSSR count). The second-order valence-electron chi connectivity index (χ2n) is 2.84. The highest BCUT2D eigenvalue weighted by atomic mass is 16.6. The summed E-state index contributed by atoms with van der Waals surface area (Å²) in [5.74, 6) is 0. The number of aromatic nitrogens is 1. The largest absolute Gasteiger partial charge is 0.318 e. The lowest BCUT2D eigenvalue weighted by atomic mass is 10.2. The Morgan fingerprint density at radius 2 is 1.71 bits per heavy atom. The first kappa shape index (κ1) is 8.50. The second kappa shape index (κ2) is 3.33. The summed E-state index contributed by atoms with van der Waals surface area (Å²) in [4.78, 5) is 10.3. The van der Waals surface area contributed by atoms with Gasteiger partial charge in [0.15, 0.2) is 0 Å². The van der Waals surface area contributed by atoms with Gasteiger partial charge < -0.3 is 4.57 Å². The molecule has 0 saturated carbocycles. The van der Waals surface area contributed by atoms with E-state index in [-0.39, 0.29) is 10.6 Å². The van der Waals surface area contributed by atoms with E-state index in [1.807, 2.05) is 12.1 Å². The van der Waals surface area contributed by atoms with Crippen LogP contribution < -0.4 is 0 Å². The van der Waals surface area contributed by atoms with Gasteiger partial charge in [-0.15, -0.1) is 0 Å². The molecule has 70 valence electrons. The predicted octanol–water partition coefficient (Wildman–Crippen LogP) is 2.39. The molecule has 0 unspecified atom stereocenters. The van der Waals surface area contributed by atoms with Crippen LogP contribution in [0.5, 0.6) is 0 Å². The van der Waals surface area contributed by atoms with E-state index in [9.17, 15) is 10.1 Å². The van der Waals surface area contributed by atoms with Gasteiger partial charge in [0.1, 0.15) is 5.69 Å². The zero-order valence-corrected chi connectivity index (χ0v) is 7.33. The minimum Gasteiger partial charge on any atom is -0.318 e. The lowest BCUT2D eigenvalue weighted by molar-refractivity contribution is -0.384. The monoisotopic (exact) mass is 188 g/mol. The van der Waals surface area contributed by atoms with Gasteiger partial charge in [-0.05, 0) is 18.2 Å². The van der Waals surface area contributed by atoms with Crippen LogP contribution in [0.2, 0.25) is 0 Å². The summed E-state index contributed by atoms with van der Waals surface area (Å²) in [5.41, 5.74) is 0.700. The summed E-state index contributed by atoms with van der Waals surface area (Å²) in [5, 5.41) is 10.7. The van der Waals surface area contributed by atoms with Crippen molar-refractivity contribution in [2.24, 2.45) is 0 Å². The molecule has 0 atom stereocenters. The molecule has 1 heterocycles. The van der Waals surface area contributed by atoms with Crippen molar-refractivity contribution in [1.29, 1.82) is 0 Å². The summed E-state index contributed by atoms with van der Waals surface area (Å²) < 4.78 is 1.72. The standard InChI is InChI=1S/C10H8N2O2/c13-12(14)10-6-2-1-5-9(10)11-7-3-4-8-11/h1-8H.